The molecule has 0 bridgehead atoms. The van der Waals surface area contributed by atoms with Crippen LogP contribution in [0.2, 0.25) is 0 Å². The van der Waals surface area contributed by atoms with Gasteiger partial charge in [-0.3, -0.25) is 4.98 Å². The standard InChI is InChI=1S/C11H11NO2S/c1-14-11(13)10-5-6-12-8-9(10)4-2-3-7-15/h5-6,8,15H,3,7H2,1H3. The Labute approximate surface area is 94.3 Å². The van der Waals surface area contributed by atoms with Gasteiger partial charge < -0.3 is 4.74 Å². The number of carbonyl (C=O) groups excluding carboxylic acids is 1. The molecule has 0 spiro atoms. The van der Waals surface area contributed by atoms with Crippen LogP contribution >= 0.6 is 12.6 Å². The van der Waals surface area contributed by atoms with E-state index in [1.165, 1.54) is 13.3 Å². The molecule has 0 saturated heterocycles. The van der Waals surface area contributed by atoms with E-state index in [1.807, 2.05) is 0 Å². The molecule has 78 valence electrons. The number of hydrogen-bond donors (Lipinski definition) is 1. The van der Waals surface area contributed by atoms with Crippen molar-refractivity contribution in [2.24, 2.45) is 0 Å². The average Bonchev–Trinajstić information content (AvgIpc) is 2.29. The molecule has 1 heterocycles. The van der Waals surface area contributed by atoms with Crippen molar-refractivity contribution >= 4 is 18.6 Å². The first-order valence-corrected chi connectivity index (χ1v) is 5.05. The summed E-state index contributed by atoms with van der Waals surface area (Å²) in [4.78, 5) is 15.2. The van der Waals surface area contributed by atoms with Crippen molar-refractivity contribution in [2.45, 2.75) is 6.42 Å². The number of hydrogen-bond acceptors (Lipinski definition) is 4. The van der Waals surface area contributed by atoms with Crippen LogP contribution in [0.1, 0.15) is 22.3 Å². The van der Waals surface area contributed by atoms with Gasteiger partial charge in [0.15, 0.2) is 0 Å². The Morgan fingerprint density at radius 1 is 1.67 bits per heavy atom. The fourth-order valence-corrected chi connectivity index (χ4v) is 1.11. The lowest BCUT2D eigenvalue weighted by atomic mass is 10.1. The van der Waals surface area contributed by atoms with Crippen LogP contribution in [0.25, 0.3) is 0 Å². The Kier molecular flexibility index (Phi) is 4.72. The van der Waals surface area contributed by atoms with Gasteiger partial charge in [-0.05, 0) is 6.07 Å². The second-order valence-electron chi connectivity index (χ2n) is 2.69. The Morgan fingerprint density at radius 2 is 2.47 bits per heavy atom. The summed E-state index contributed by atoms with van der Waals surface area (Å²) >= 11 is 4.04. The fraction of sp³-hybridized carbons (Fsp3) is 0.273. The van der Waals surface area contributed by atoms with Crippen LogP contribution < -0.4 is 0 Å². The van der Waals surface area contributed by atoms with Gasteiger partial charge in [0.25, 0.3) is 0 Å². The largest absolute Gasteiger partial charge is 0.465 e. The quantitative estimate of drug-likeness (QED) is 0.468. The highest BCUT2D eigenvalue weighted by Gasteiger charge is 2.09. The zero-order valence-corrected chi connectivity index (χ0v) is 9.25. The van der Waals surface area contributed by atoms with Crippen molar-refractivity contribution in [3.8, 4) is 11.8 Å². The van der Waals surface area contributed by atoms with E-state index in [4.69, 9.17) is 0 Å². The van der Waals surface area contributed by atoms with Gasteiger partial charge >= 0.3 is 5.97 Å². The fourth-order valence-electron chi connectivity index (χ4n) is 0.996. The maximum Gasteiger partial charge on any atom is 0.339 e. The normalized spacial score (nSPS) is 8.93. The molecule has 3 nitrogen and oxygen atoms in total. The number of aromatic nitrogens is 1. The van der Waals surface area contributed by atoms with Gasteiger partial charge in [-0.1, -0.05) is 11.8 Å². The van der Waals surface area contributed by atoms with E-state index in [0.717, 1.165) is 0 Å². The van der Waals surface area contributed by atoms with E-state index in [-0.39, 0.29) is 0 Å². The lowest BCUT2D eigenvalue weighted by molar-refractivity contribution is 0.0600. The van der Waals surface area contributed by atoms with E-state index >= 15 is 0 Å². The van der Waals surface area contributed by atoms with Gasteiger partial charge in [-0.2, -0.15) is 12.6 Å². The van der Waals surface area contributed by atoms with Crippen molar-refractivity contribution in [1.29, 1.82) is 0 Å². The van der Waals surface area contributed by atoms with E-state index in [9.17, 15) is 4.79 Å². The predicted molar refractivity (Wildman–Crippen MR) is 60.9 cm³/mol. The van der Waals surface area contributed by atoms with Crippen molar-refractivity contribution in [3.05, 3.63) is 29.6 Å². The predicted octanol–water partition coefficient (Wildman–Crippen LogP) is 1.54. The maximum atomic E-state index is 11.3. The summed E-state index contributed by atoms with van der Waals surface area (Å²) in [5.41, 5.74) is 1.03. The van der Waals surface area contributed by atoms with Gasteiger partial charge in [0.1, 0.15) is 0 Å². The van der Waals surface area contributed by atoms with E-state index in [1.54, 1.807) is 12.3 Å². The molecule has 15 heavy (non-hydrogen) atoms. The molecule has 4 heteroatoms. The third-order valence-electron chi connectivity index (χ3n) is 1.69. The molecule has 0 aliphatic rings. The summed E-state index contributed by atoms with van der Waals surface area (Å²) in [5, 5.41) is 0. The Bertz CT molecular complexity index is 407. The first-order chi connectivity index (χ1) is 7.29. The molecule has 0 aliphatic carbocycles. The van der Waals surface area contributed by atoms with Crippen LogP contribution in [0.4, 0.5) is 0 Å². The summed E-state index contributed by atoms with van der Waals surface area (Å²) < 4.78 is 4.63. The summed E-state index contributed by atoms with van der Waals surface area (Å²) in [6, 6.07) is 1.59. The number of methoxy groups -OCH3 is 1. The number of carbonyl (C=O) groups is 1. The Morgan fingerprint density at radius 3 is 3.13 bits per heavy atom. The summed E-state index contributed by atoms with van der Waals surface area (Å²) in [6.07, 6.45) is 3.77. The van der Waals surface area contributed by atoms with Crippen molar-refractivity contribution in [1.82, 2.24) is 4.98 Å². The van der Waals surface area contributed by atoms with Gasteiger partial charge in [0.2, 0.25) is 0 Å². The topological polar surface area (TPSA) is 39.2 Å². The molecule has 0 aliphatic heterocycles. The van der Waals surface area contributed by atoms with Gasteiger partial charge in [0, 0.05) is 24.6 Å². The summed E-state index contributed by atoms with van der Waals surface area (Å²) in [5.74, 6) is 6.06. The maximum absolute atomic E-state index is 11.3. The van der Waals surface area contributed by atoms with Gasteiger partial charge in [-0.25, -0.2) is 4.79 Å². The van der Waals surface area contributed by atoms with Crippen LogP contribution in [0.5, 0.6) is 0 Å². The monoisotopic (exact) mass is 221 g/mol. The van der Waals surface area contributed by atoms with Crippen LogP contribution in [-0.2, 0) is 4.74 Å². The second-order valence-corrected chi connectivity index (χ2v) is 3.14. The molecular formula is C11H11NO2S. The van der Waals surface area contributed by atoms with E-state index in [0.29, 0.717) is 23.3 Å². The highest BCUT2D eigenvalue weighted by molar-refractivity contribution is 7.80. The van der Waals surface area contributed by atoms with E-state index < -0.39 is 5.97 Å². The Balaban J connectivity index is 2.98. The minimum Gasteiger partial charge on any atom is -0.465 e. The van der Waals surface area contributed by atoms with Crippen molar-refractivity contribution in [3.63, 3.8) is 0 Å². The second kappa shape index (κ2) is 6.10. The number of thiol groups is 1. The first kappa shape index (κ1) is 11.6. The Hall–Kier alpha value is -1.47. The number of ether oxygens (including phenoxy) is 1. The number of pyridine rings is 1. The van der Waals surface area contributed by atoms with Crippen molar-refractivity contribution < 1.29 is 9.53 Å². The molecule has 0 aromatic carbocycles. The van der Waals surface area contributed by atoms with Crippen LogP contribution in [-0.4, -0.2) is 23.8 Å². The molecule has 0 radical (unpaired) electrons. The summed E-state index contributed by atoms with van der Waals surface area (Å²) in [7, 11) is 1.34. The smallest absolute Gasteiger partial charge is 0.339 e. The zero-order valence-electron chi connectivity index (χ0n) is 8.36. The molecule has 0 amide bonds. The average molecular weight is 221 g/mol. The number of esters is 1. The van der Waals surface area contributed by atoms with Crippen LogP contribution in [0, 0.1) is 11.8 Å². The lowest BCUT2D eigenvalue weighted by Gasteiger charge is -2.00. The third-order valence-corrected chi connectivity index (χ3v) is 1.91. The highest BCUT2D eigenvalue weighted by atomic mass is 32.1. The highest BCUT2D eigenvalue weighted by Crippen LogP contribution is 2.06. The molecule has 0 N–H and O–H groups in total. The minimum atomic E-state index is -0.396. The zero-order chi connectivity index (χ0) is 11.1. The SMILES string of the molecule is COC(=O)c1ccncc1C#CCCS. The molecule has 0 saturated carbocycles. The molecule has 0 fully saturated rings. The molecule has 0 atom stereocenters. The number of rotatable bonds is 2. The molecular weight excluding hydrogens is 210 g/mol. The summed E-state index contributed by atoms with van der Waals surface area (Å²) in [6.45, 7) is 0. The molecule has 0 unspecified atom stereocenters. The molecule has 1 aromatic heterocycles. The third kappa shape index (κ3) is 3.30. The van der Waals surface area contributed by atoms with Gasteiger partial charge in [-0.15, -0.1) is 0 Å². The molecule has 1 aromatic rings. The lowest BCUT2D eigenvalue weighted by Crippen LogP contribution is -2.04. The molecule has 1 rings (SSSR count). The van der Waals surface area contributed by atoms with Gasteiger partial charge in [0.05, 0.1) is 18.2 Å². The minimum absolute atomic E-state index is 0.396. The number of nitrogens with zero attached hydrogens (tertiary/aromatic N) is 1. The van der Waals surface area contributed by atoms with E-state index in [2.05, 4.69) is 34.2 Å². The van der Waals surface area contributed by atoms with Crippen LogP contribution in [0.15, 0.2) is 18.5 Å². The van der Waals surface area contributed by atoms with Crippen molar-refractivity contribution in [2.75, 3.05) is 12.9 Å². The first-order valence-electron chi connectivity index (χ1n) is 4.41. The van der Waals surface area contributed by atoms with Crippen LogP contribution in [0.3, 0.4) is 0 Å².